The minimum absolute atomic E-state index is 0.333. The molecule has 3 heterocycles. The smallest absolute Gasteiger partial charge is 0.303 e. The fourth-order valence-electron chi connectivity index (χ4n) is 5.92. The van der Waals surface area contributed by atoms with Gasteiger partial charge in [0, 0.05) is 27.0 Å². The highest BCUT2D eigenvalue weighted by Crippen LogP contribution is 2.41. The van der Waals surface area contributed by atoms with Gasteiger partial charge >= 0.3 is 5.97 Å². The number of carboxylic acid groups (broad SMARTS) is 1. The summed E-state index contributed by atoms with van der Waals surface area (Å²) in [6, 6.07) is 16.4. The number of aliphatic carboxylic acids is 1. The molecule has 2 saturated heterocycles. The molecule has 4 nitrogen and oxygen atoms in total. The summed E-state index contributed by atoms with van der Waals surface area (Å²) in [7, 11) is 0. The van der Waals surface area contributed by atoms with Crippen LogP contribution in [0.15, 0.2) is 57.6 Å². The van der Waals surface area contributed by atoms with Crippen molar-refractivity contribution >= 4 is 39.2 Å². The molecule has 0 amide bonds. The van der Waals surface area contributed by atoms with E-state index in [4.69, 9.17) is 9.84 Å². The van der Waals surface area contributed by atoms with Crippen molar-refractivity contribution in [1.82, 2.24) is 4.90 Å². The second kappa shape index (κ2) is 16.4. The van der Waals surface area contributed by atoms with E-state index in [9.17, 15) is 4.79 Å². The molecule has 2 fully saturated rings. The summed E-state index contributed by atoms with van der Waals surface area (Å²) in [6.45, 7) is 7.64. The summed E-state index contributed by atoms with van der Waals surface area (Å²) < 4.78 is 7.16. The molecule has 2 aliphatic heterocycles. The SMILES string of the molecule is CCCCCCC(=O)O.CCCOc1ccc(Sc2ccc3scc(C4CCC5CCCCN5CC4)c3c2)cc1. The minimum atomic E-state index is -0.675. The van der Waals surface area contributed by atoms with E-state index in [1.807, 2.05) is 23.1 Å². The van der Waals surface area contributed by atoms with Gasteiger partial charge in [-0.15, -0.1) is 11.3 Å². The quantitative estimate of drug-likeness (QED) is 0.228. The predicted octanol–water partition coefficient (Wildman–Crippen LogP) is 10.0. The van der Waals surface area contributed by atoms with Crippen LogP contribution in [0.2, 0.25) is 0 Å². The molecule has 1 aromatic heterocycles. The molecule has 3 aromatic rings. The van der Waals surface area contributed by atoms with Crippen molar-refractivity contribution in [2.45, 2.75) is 113 Å². The van der Waals surface area contributed by atoms with Gasteiger partial charge in [-0.2, -0.15) is 0 Å². The van der Waals surface area contributed by atoms with Crippen molar-refractivity contribution in [2.24, 2.45) is 0 Å². The zero-order valence-corrected chi connectivity index (χ0v) is 26.0. The fourth-order valence-corrected chi connectivity index (χ4v) is 7.80. The maximum Gasteiger partial charge on any atom is 0.303 e. The van der Waals surface area contributed by atoms with E-state index >= 15 is 0 Å². The van der Waals surface area contributed by atoms with Crippen LogP contribution in [0.1, 0.15) is 102 Å². The van der Waals surface area contributed by atoms with Crippen molar-refractivity contribution < 1.29 is 14.6 Å². The summed E-state index contributed by atoms with van der Waals surface area (Å²) in [5.74, 6) is 1.01. The topological polar surface area (TPSA) is 49.8 Å². The van der Waals surface area contributed by atoms with Gasteiger partial charge in [0.1, 0.15) is 5.75 Å². The molecule has 6 heteroatoms. The van der Waals surface area contributed by atoms with Crippen LogP contribution in [-0.2, 0) is 4.79 Å². The Kier molecular flexibility index (Phi) is 12.7. The Hall–Kier alpha value is -2.02. The van der Waals surface area contributed by atoms with Gasteiger partial charge in [-0.3, -0.25) is 4.79 Å². The van der Waals surface area contributed by atoms with E-state index in [2.05, 4.69) is 66.6 Å². The number of carbonyl (C=O) groups is 1. The zero-order valence-electron chi connectivity index (χ0n) is 24.4. The van der Waals surface area contributed by atoms with Gasteiger partial charge < -0.3 is 14.7 Å². The first-order valence-corrected chi connectivity index (χ1v) is 17.1. The highest BCUT2D eigenvalue weighted by Gasteiger charge is 2.28. The lowest BCUT2D eigenvalue weighted by molar-refractivity contribution is -0.137. The third kappa shape index (κ3) is 9.25. The lowest BCUT2D eigenvalue weighted by Gasteiger charge is -2.33. The monoisotopic (exact) mass is 581 g/mol. The van der Waals surface area contributed by atoms with Crippen molar-refractivity contribution in [3.8, 4) is 5.75 Å². The van der Waals surface area contributed by atoms with Gasteiger partial charge in [-0.1, -0.05) is 51.3 Å². The largest absolute Gasteiger partial charge is 0.494 e. The highest BCUT2D eigenvalue weighted by atomic mass is 32.2. The molecule has 218 valence electrons. The third-order valence-electron chi connectivity index (χ3n) is 8.15. The van der Waals surface area contributed by atoms with Crippen molar-refractivity contribution in [3.05, 3.63) is 53.4 Å². The maximum absolute atomic E-state index is 9.96. The van der Waals surface area contributed by atoms with Crippen LogP contribution in [0.3, 0.4) is 0 Å². The molecule has 0 bridgehead atoms. The molecule has 2 unspecified atom stereocenters. The lowest BCUT2D eigenvalue weighted by atomic mass is 9.90. The van der Waals surface area contributed by atoms with E-state index in [0.717, 1.165) is 50.0 Å². The van der Waals surface area contributed by atoms with Crippen LogP contribution in [-0.4, -0.2) is 41.7 Å². The Bertz CT molecular complexity index is 1160. The normalized spacial score (nSPS) is 19.4. The van der Waals surface area contributed by atoms with E-state index in [1.54, 1.807) is 5.56 Å². The van der Waals surface area contributed by atoms with Crippen LogP contribution in [0.5, 0.6) is 5.75 Å². The molecule has 2 atom stereocenters. The van der Waals surface area contributed by atoms with Crippen LogP contribution >= 0.6 is 23.1 Å². The molecule has 2 aliphatic rings. The van der Waals surface area contributed by atoms with Gasteiger partial charge in [0.05, 0.1) is 6.61 Å². The second-order valence-corrected chi connectivity index (χ2v) is 13.3. The fraction of sp³-hybridized carbons (Fsp3) is 0.559. The van der Waals surface area contributed by atoms with E-state index in [-0.39, 0.29) is 0 Å². The van der Waals surface area contributed by atoms with E-state index in [0.29, 0.717) is 6.42 Å². The Balaban J connectivity index is 0.000000357. The maximum atomic E-state index is 9.96. The molecule has 0 spiro atoms. The van der Waals surface area contributed by atoms with Crippen LogP contribution < -0.4 is 4.74 Å². The van der Waals surface area contributed by atoms with Crippen molar-refractivity contribution in [1.29, 1.82) is 0 Å². The highest BCUT2D eigenvalue weighted by molar-refractivity contribution is 7.99. The number of nitrogens with zero attached hydrogens (tertiary/aromatic N) is 1. The zero-order chi connectivity index (χ0) is 28.2. The van der Waals surface area contributed by atoms with E-state index in [1.165, 1.54) is 77.9 Å². The molecule has 1 N–H and O–H groups in total. The first-order chi connectivity index (χ1) is 19.6. The third-order valence-corrected chi connectivity index (χ3v) is 10.1. The number of fused-ring (bicyclic) bond motifs is 2. The summed E-state index contributed by atoms with van der Waals surface area (Å²) in [6.07, 6.45) is 13.9. The van der Waals surface area contributed by atoms with Gasteiger partial charge in [0.2, 0.25) is 0 Å². The number of rotatable bonds is 11. The first kappa shape index (κ1) is 30.9. The summed E-state index contributed by atoms with van der Waals surface area (Å²) in [5.41, 5.74) is 1.60. The van der Waals surface area contributed by atoms with Crippen LogP contribution in [0.25, 0.3) is 10.1 Å². The predicted molar refractivity (Wildman–Crippen MR) is 170 cm³/mol. The van der Waals surface area contributed by atoms with Gasteiger partial charge in [-0.05, 0) is 123 Å². The second-order valence-electron chi connectivity index (χ2n) is 11.2. The Morgan fingerprint density at radius 3 is 2.55 bits per heavy atom. The van der Waals surface area contributed by atoms with Gasteiger partial charge in [0.15, 0.2) is 0 Å². The standard InChI is InChI=1S/C27H33NOS2.C7H14O2/c1-2-17-29-22-8-10-23(11-9-22)31-24-12-13-27-25(18-24)26(19-30-27)20-6-7-21-5-3-4-15-28(21)16-14-20;1-2-3-4-5-6-7(8)9/h8-13,18-21H,2-7,14-17H2,1H3;2-6H2,1H3,(H,8,9). The number of benzene rings is 2. The molecular formula is C34H47NO3S2. The Morgan fingerprint density at radius 2 is 1.77 bits per heavy atom. The van der Waals surface area contributed by atoms with E-state index < -0.39 is 5.97 Å². The van der Waals surface area contributed by atoms with Gasteiger partial charge in [-0.25, -0.2) is 0 Å². The number of piperidine rings is 1. The van der Waals surface area contributed by atoms with Crippen LogP contribution in [0.4, 0.5) is 0 Å². The molecule has 5 rings (SSSR count). The Labute approximate surface area is 249 Å². The number of carboxylic acids is 1. The molecule has 0 saturated carbocycles. The van der Waals surface area contributed by atoms with Gasteiger partial charge in [0.25, 0.3) is 0 Å². The molecule has 40 heavy (non-hydrogen) atoms. The van der Waals surface area contributed by atoms with Crippen LogP contribution in [0, 0.1) is 0 Å². The molecular weight excluding hydrogens is 535 g/mol. The minimum Gasteiger partial charge on any atom is -0.494 e. The number of ether oxygens (including phenoxy) is 1. The lowest BCUT2D eigenvalue weighted by Crippen LogP contribution is -2.38. The summed E-state index contributed by atoms with van der Waals surface area (Å²) in [4.78, 5) is 15.4. The summed E-state index contributed by atoms with van der Waals surface area (Å²) >= 11 is 3.78. The average Bonchev–Trinajstić information content (AvgIpc) is 3.27. The Morgan fingerprint density at radius 1 is 0.950 bits per heavy atom. The van der Waals surface area contributed by atoms with Crippen molar-refractivity contribution in [3.63, 3.8) is 0 Å². The number of unbranched alkanes of at least 4 members (excludes halogenated alkanes) is 3. The number of thiophene rings is 1. The first-order valence-electron chi connectivity index (χ1n) is 15.4. The molecule has 0 radical (unpaired) electrons. The van der Waals surface area contributed by atoms with Crippen molar-refractivity contribution in [2.75, 3.05) is 19.7 Å². The average molecular weight is 582 g/mol. The number of hydrogen-bond acceptors (Lipinski definition) is 5. The molecule has 0 aliphatic carbocycles. The molecule has 2 aromatic carbocycles. The summed E-state index contributed by atoms with van der Waals surface area (Å²) in [5, 5.41) is 12.2. The number of hydrogen-bond donors (Lipinski definition) is 1.